The summed E-state index contributed by atoms with van der Waals surface area (Å²) in [5.41, 5.74) is 4.61. The standard InChI is InChI=1S/C24H20ClNO3/c1-29-24(28)22-14-20(25)7-6-18(22)11-16-5-8-23-19(12-16)9-10-26(23)15-17-3-2-4-21(27)13-17/h2-10,12-14,27H,11,15H2,1H3. The second-order valence-corrected chi connectivity index (χ2v) is 7.41. The number of carbonyl (C=O) groups excluding carboxylic acids is 1. The molecule has 1 heterocycles. The number of esters is 1. The average molecular weight is 406 g/mol. The molecule has 0 saturated heterocycles. The Kier molecular flexibility index (Phi) is 5.28. The van der Waals surface area contributed by atoms with Crippen LogP contribution in [-0.2, 0) is 17.7 Å². The maximum Gasteiger partial charge on any atom is 0.338 e. The monoisotopic (exact) mass is 405 g/mol. The SMILES string of the molecule is COC(=O)c1cc(Cl)ccc1Cc1ccc2c(ccn2Cc2cccc(O)c2)c1. The van der Waals surface area contributed by atoms with E-state index >= 15 is 0 Å². The molecule has 0 aliphatic carbocycles. The van der Waals surface area contributed by atoms with Crippen molar-refractivity contribution in [2.75, 3.05) is 7.11 Å². The molecule has 146 valence electrons. The highest BCUT2D eigenvalue weighted by molar-refractivity contribution is 6.31. The Labute approximate surface area is 173 Å². The van der Waals surface area contributed by atoms with Crippen LogP contribution >= 0.6 is 11.6 Å². The third-order valence-electron chi connectivity index (χ3n) is 4.97. The zero-order valence-electron chi connectivity index (χ0n) is 15.9. The van der Waals surface area contributed by atoms with Crippen LogP contribution in [0.15, 0.2) is 72.9 Å². The minimum absolute atomic E-state index is 0.269. The Morgan fingerprint density at radius 3 is 2.69 bits per heavy atom. The third kappa shape index (κ3) is 4.13. The summed E-state index contributed by atoms with van der Waals surface area (Å²) in [4.78, 5) is 12.1. The van der Waals surface area contributed by atoms with E-state index in [1.165, 1.54) is 7.11 Å². The van der Waals surface area contributed by atoms with E-state index in [9.17, 15) is 9.90 Å². The third-order valence-corrected chi connectivity index (χ3v) is 5.21. The fourth-order valence-electron chi connectivity index (χ4n) is 3.57. The number of hydrogen-bond acceptors (Lipinski definition) is 3. The largest absolute Gasteiger partial charge is 0.508 e. The van der Waals surface area contributed by atoms with Gasteiger partial charge in [-0.1, -0.05) is 35.9 Å². The van der Waals surface area contributed by atoms with Crippen molar-refractivity contribution < 1.29 is 14.6 Å². The van der Waals surface area contributed by atoms with Crippen molar-refractivity contribution in [2.24, 2.45) is 0 Å². The van der Waals surface area contributed by atoms with E-state index in [0.717, 1.165) is 27.6 Å². The van der Waals surface area contributed by atoms with Crippen molar-refractivity contribution in [3.05, 3.63) is 100 Å². The normalized spacial score (nSPS) is 11.0. The summed E-state index contributed by atoms with van der Waals surface area (Å²) in [6.07, 6.45) is 2.65. The Balaban J connectivity index is 1.62. The Morgan fingerprint density at radius 2 is 1.90 bits per heavy atom. The number of phenols is 1. The molecule has 0 unspecified atom stereocenters. The van der Waals surface area contributed by atoms with Crippen LogP contribution in [0.4, 0.5) is 0 Å². The lowest BCUT2D eigenvalue weighted by molar-refractivity contribution is 0.0599. The molecule has 0 amide bonds. The molecule has 0 atom stereocenters. The molecule has 0 saturated carbocycles. The van der Waals surface area contributed by atoms with Crippen molar-refractivity contribution in [2.45, 2.75) is 13.0 Å². The molecule has 0 aliphatic rings. The summed E-state index contributed by atoms with van der Waals surface area (Å²) in [5.74, 6) is -0.119. The molecule has 0 radical (unpaired) electrons. The molecule has 0 bridgehead atoms. The fourth-order valence-corrected chi connectivity index (χ4v) is 3.74. The molecule has 1 N–H and O–H groups in total. The van der Waals surface area contributed by atoms with Gasteiger partial charge in [-0.15, -0.1) is 0 Å². The predicted octanol–water partition coefficient (Wildman–Crippen LogP) is 5.43. The summed E-state index contributed by atoms with van der Waals surface area (Å²) >= 11 is 6.05. The second-order valence-electron chi connectivity index (χ2n) is 6.98. The zero-order chi connectivity index (χ0) is 20.4. The minimum Gasteiger partial charge on any atom is -0.508 e. The fraction of sp³-hybridized carbons (Fsp3) is 0.125. The predicted molar refractivity (Wildman–Crippen MR) is 115 cm³/mol. The number of hydrogen-bond donors (Lipinski definition) is 1. The summed E-state index contributed by atoms with van der Waals surface area (Å²) in [5, 5.41) is 11.3. The van der Waals surface area contributed by atoms with Crippen LogP contribution in [0, 0.1) is 0 Å². The van der Waals surface area contributed by atoms with Crippen LogP contribution in [0.25, 0.3) is 10.9 Å². The van der Waals surface area contributed by atoms with Gasteiger partial charge in [0.15, 0.2) is 0 Å². The van der Waals surface area contributed by atoms with Crippen molar-refractivity contribution in [3.8, 4) is 5.75 Å². The van der Waals surface area contributed by atoms with Gasteiger partial charge in [0.05, 0.1) is 12.7 Å². The lowest BCUT2D eigenvalue weighted by atomic mass is 9.99. The van der Waals surface area contributed by atoms with Crippen LogP contribution in [0.2, 0.25) is 5.02 Å². The number of carbonyl (C=O) groups is 1. The molecule has 0 fully saturated rings. The van der Waals surface area contributed by atoms with E-state index in [0.29, 0.717) is 23.6 Å². The number of halogens is 1. The first kappa shape index (κ1) is 19.1. The van der Waals surface area contributed by atoms with E-state index in [1.807, 2.05) is 24.4 Å². The van der Waals surface area contributed by atoms with Crippen LogP contribution in [-0.4, -0.2) is 22.8 Å². The van der Waals surface area contributed by atoms with Gasteiger partial charge in [0.2, 0.25) is 0 Å². The molecule has 29 heavy (non-hydrogen) atoms. The van der Waals surface area contributed by atoms with Gasteiger partial charge in [-0.3, -0.25) is 0 Å². The number of rotatable bonds is 5. The summed E-state index contributed by atoms with van der Waals surface area (Å²) < 4.78 is 7.04. The topological polar surface area (TPSA) is 51.5 Å². The first-order valence-electron chi connectivity index (χ1n) is 9.26. The molecule has 4 nitrogen and oxygen atoms in total. The lowest BCUT2D eigenvalue weighted by Crippen LogP contribution is -2.06. The molecular weight excluding hydrogens is 386 g/mol. The first-order valence-corrected chi connectivity index (χ1v) is 9.64. The number of methoxy groups -OCH3 is 1. The van der Waals surface area contributed by atoms with Gasteiger partial charge in [0, 0.05) is 23.3 Å². The van der Waals surface area contributed by atoms with E-state index < -0.39 is 0 Å². The molecule has 3 aromatic carbocycles. The molecule has 0 spiro atoms. The number of phenolic OH excluding ortho intramolecular Hbond substituents is 1. The number of aromatic nitrogens is 1. The van der Waals surface area contributed by atoms with Crippen LogP contribution in [0.5, 0.6) is 5.75 Å². The molecule has 4 aromatic rings. The van der Waals surface area contributed by atoms with Crippen molar-refractivity contribution in [1.29, 1.82) is 0 Å². The van der Waals surface area contributed by atoms with Crippen LogP contribution in [0.3, 0.4) is 0 Å². The quantitative estimate of drug-likeness (QED) is 0.450. The highest BCUT2D eigenvalue weighted by Crippen LogP contribution is 2.24. The van der Waals surface area contributed by atoms with E-state index in [-0.39, 0.29) is 11.7 Å². The molecular formula is C24H20ClNO3. The number of aromatic hydroxyl groups is 1. The Morgan fingerprint density at radius 1 is 1.03 bits per heavy atom. The molecule has 0 aliphatic heterocycles. The summed E-state index contributed by atoms with van der Waals surface area (Å²) in [6.45, 7) is 0.681. The maximum atomic E-state index is 12.1. The highest BCUT2D eigenvalue weighted by atomic mass is 35.5. The van der Waals surface area contributed by atoms with E-state index in [4.69, 9.17) is 16.3 Å². The van der Waals surface area contributed by atoms with Crippen molar-refractivity contribution in [3.63, 3.8) is 0 Å². The van der Waals surface area contributed by atoms with Gasteiger partial charge in [-0.25, -0.2) is 4.79 Å². The Bertz CT molecular complexity index is 1200. The Hall–Kier alpha value is -3.24. The lowest BCUT2D eigenvalue weighted by Gasteiger charge is -2.10. The minimum atomic E-state index is -0.388. The van der Waals surface area contributed by atoms with E-state index in [1.54, 1.807) is 24.3 Å². The van der Waals surface area contributed by atoms with Crippen LogP contribution in [0.1, 0.15) is 27.0 Å². The van der Waals surface area contributed by atoms with Crippen molar-refractivity contribution >= 4 is 28.5 Å². The van der Waals surface area contributed by atoms with Gasteiger partial charge in [-0.05, 0) is 71.0 Å². The van der Waals surface area contributed by atoms with E-state index in [2.05, 4.69) is 28.8 Å². The number of fused-ring (bicyclic) bond motifs is 1. The van der Waals surface area contributed by atoms with Gasteiger partial charge >= 0.3 is 5.97 Å². The smallest absolute Gasteiger partial charge is 0.338 e. The molecule has 1 aromatic heterocycles. The average Bonchev–Trinajstić information content (AvgIpc) is 3.10. The number of benzene rings is 3. The number of nitrogens with zero attached hydrogens (tertiary/aromatic N) is 1. The van der Waals surface area contributed by atoms with Crippen LogP contribution < -0.4 is 0 Å². The zero-order valence-corrected chi connectivity index (χ0v) is 16.7. The number of ether oxygens (including phenoxy) is 1. The van der Waals surface area contributed by atoms with Gasteiger partial charge < -0.3 is 14.4 Å². The van der Waals surface area contributed by atoms with Gasteiger partial charge in [0.25, 0.3) is 0 Å². The molecule has 4 rings (SSSR count). The summed E-state index contributed by atoms with van der Waals surface area (Å²) in [7, 11) is 1.37. The van der Waals surface area contributed by atoms with Crippen molar-refractivity contribution in [1.82, 2.24) is 4.57 Å². The first-order chi connectivity index (χ1) is 14.0. The highest BCUT2D eigenvalue weighted by Gasteiger charge is 2.13. The maximum absolute atomic E-state index is 12.1. The summed E-state index contributed by atoms with van der Waals surface area (Å²) in [6, 6.07) is 20.9. The van der Waals surface area contributed by atoms with Gasteiger partial charge in [0.1, 0.15) is 5.75 Å². The van der Waals surface area contributed by atoms with Gasteiger partial charge in [-0.2, -0.15) is 0 Å². The molecule has 5 heteroatoms. The second kappa shape index (κ2) is 8.02.